The minimum Gasteiger partial charge on any atom is -0.497 e. The first-order chi connectivity index (χ1) is 14.8. The van der Waals surface area contributed by atoms with Crippen molar-refractivity contribution in [2.75, 3.05) is 20.8 Å². The van der Waals surface area contributed by atoms with Gasteiger partial charge in [0.05, 0.1) is 26.4 Å². The van der Waals surface area contributed by atoms with Crippen LogP contribution in [0.25, 0.3) is 0 Å². The molecular formula is C24H34O7. The molecule has 31 heavy (non-hydrogen) atoms. The van der Waals surface area contributed by atoms with Crippen LogP contribution in [0.2, 0.25) is 0 Å². The summed E-state index contributed by atoms with van der Waals surface area (Å²) in [6, 6.07) is 7.61. The van der Waals surface area contributed by atoms with E-state index in [-0.39, 0.29) is 12.7 Å². The van der Waals surface area contributed by atoms with Gasteiger partial charge in [-0.05, 0) is 51.8 Å². The van der Waals surface area contributed by atoms with Crippen molar-refractivity contribution in [2.45, 2.75) is 77.3 Å². The lowest BCUT2D eigenvalue weighted by atomic mass is 9.99. The number of benzene rings is 1. The van der Waals surface area contributed by atoms with Gasteiger partial charge in [-0.3, -0.25) is 0 Å². The normalized spacial score (nSPS) is 21.6. The molecule has 1 fully saturated rings. The van der Waals surface area contributed by atoms with E-state index in [1.807, 2.05) is 24.3 Å². The Morgan fingerprint density at radius 2 is 1.90 bits per heavy atom. The molecule has 0 amide bonds. The van der Waals surface area contributed by atoms with E-state index < -0.39 is 30.1 Å². The van der Waals surface area contributed by atoms with Crippen LogP contribution in [-0.2, 0) is 35.1 Å². The van der Waals surface area contributed by atoms with Gasteiger partial charge in [-0.1, -0.05) is 12.1 Å². The molecule has 0 radical (unpaired) electrons. The zero-order valence-corrected chi connectivity index (χ0v) is 19.3. The Hall–Kier alpha value is -2.11. The molecule has 1 heterocycles. The van der Waals surface area contributed by atoms with E-state index in [0.29, 0.717) is 19.4 Å². The van der Waals surface area contributed by atoms with Crippen LogP contribution in [-0.4, -0.2) is 57.0 Å². The molecule has 0 saturated carbocycles. The number of hydrogen-bond acceptors (Lipinski definition) is 7. The second-order valence-electron chi connectivity index (χ2n) is 7.64. The molecule has 7 heteroatoms. The molecule has 1 saturated heterocycles. The topological polar surface area (TPSA) is 72.5 Å². The molecule has 7 nitrogen and oxygen atoms in total. The Morgan fingerprint density at radius 3 is 2.48 bits per heavy atom. The SMILES string of the molecule is CC#CCC[C@H](OC)[C@H](OCc1ccc(OC)cc1)[C@H]1OC(C)(C)O[C@H]1C(=O)OCC. The predicted molar refractivity (Wildman–Crippen MR) is 116 cm³/mol. The van der Waals surface area contributed by atoms with Gasteiger partial charge in [0.15, 0.2) is 11.9 Å². The van der Waals surface area contributed by atoms with Crippen molar-refractivity contribution in [1.29, 1.82) is 0 Å². The number of carbonyl (C=O) groups excluding carboxylic acids is 1. The predicted octanol–water partition coefficient (Wildman–Crippen LogP) is 3.48. The molecule has 0 spiro atoms. The van der Waals surface area contributed by atoms with Crippen LogP contribution in [0.4, 0.5) is 0 Å². The number of carbonyl (C=O) groups is 1. The first kappa shape index (κ1) is 25.2. The van der Waals surface area contributed by atoms with Crippen LogP contribution >= 0.6 is 0 Å². The summed E-state index contributed by atoms with van der Waals surface area (Å²) >= 11 is 0. The van der Waals surface area contributed by atoms with Crippen LogP contribution in [0, 0.1) is 11.8 Å². The third-order valence-corrected chi connectivity index (χ3v) is 4.97. The number of hydrogen-bond donors (Lipinski definition) is 0. The Kier molecular flexibility index (Phi) is 9.79. The maximum Gasteiger partial charge on any atom is 0.338 e. The molecule has 172 valence electrons. The number of rotatable bonds is 11. The van der Waals surface area contributed by atoms with Gasteiger partial charge in [0, 0.05) is 13.5 Å². The molecule has 1 aromatic carbocycles. The summed E-state index contributed by atoms with van der Waals surface area (Å²) in [6.45, 7) is 7.65. The van der Waals surface area contributed by atoms with Crippen LogP contribution in [0.1, 0.15) is 46.1 Å². The van der Waals surface area contributed by atoms with Gasteiger partial charge in [0.25, 0.3) is 0 Å². The quantitative estimate of drug-likeness (QED) is 0.390. The zero-order chi connectivity index (χ0) is 22.9. The lowest BCUT2D eigenvalue weighted by molar-refractivity contribution is -0.177. The molecule has 1 aliphatic heterocycles. The van der Waals surface area contributed by atoms with Gasteiger partial charge >= 0.3 is 5.97 Å². The van der Waals surface area contributed by atoms with E-state index >= 15 is 0 Å². The van der Waals surface area contributed by atoms with Gasteiger partial charge in [-0.15, -0.1) is 11.8 Å². The highest BCUT2D eigenvalue weighted by Crippen LogP contribution is 2.34. The molecule has 0 bridgehead atoms. The molecule has 0 aromatic heterocycles. The fourth-order valence-corrected chi connectivity index (χ4v) is 3.52. The summed E-state index contributed by atoms with van der Waals surface area (Å²) in [5, 5.41) is 0. The summed E-state index contributed by atoms with van der Waals surface area (Å²) in [5.74, 6) is 5.29. The van der Waals surface area contributed by atoms with Crippen molar-refractivity contribution in [3.63, 3.8) is 0 Å². The number of esters is 1. The van der Waals surface area contributed by atoms with E-state index in [0.717, 1.165) is 11.3 Å². The third-order valence-electron chi connectivity index (χ3n) is 4.97. The first-order valence-corrected chi connectivity index (χ1v) is 10.5. The summed E-state index contributed by atoms with van der Waals surface area (Å²) in [5.41, 5.74) is 0.958. The average Bonchev–Trinajstić information content (AvgIpc) is 3.08. The van der Waals surface area contributed by atoms with Crippen molar-refractivity contribution in [3.05, 3.63) is 29.8 Å². The van der Waals surface area contributed by atoms with Crippen molar-refractivity contribution >= 4 is 5.97 Å². The lowest BCUT2D eigenvalue weighted by Gasteiger charge is -2.32. The second kappa shape index (κ2) is 12.1. The smallest absolute Gasteiger partial charge is 0.338 e. The molecule has 2 rings (SSSR count). The second-order valence-corrected chi connectivity index (χ2v) is 7.64. The van der Waals surface area contributed by atoms with E-state index in [1.54, 1.807) is 41.9 Å². The number of ether oxygens (including phenoxy) is 6. The first-order valence-electron chi connectivity index (χ1n) is 10.5. The van der Waals surface area contributed by atoms with Crippen molar-refractivity contribution in [1.82, 2.24) is 0 Å². The zero-order valence-electron chi connectivity index (χ0n) is 19.3. The Bertz CT molecular complexity index is 747. The van der Waals surface area contributed by atoms with Gasteiger partial charge in [0.2, 0.25) is 0 Å². The third kappa shape index (κ3) is 7.22. The van der Waals surface area contributed by atoms with Crippen LogP contribution in [0.15, 0.2) is 24.3 Å². The summed E-state index contributed by atoms with van der Waals surface area (Å²) in [7, 11) is 3.24. The Balaban J connectivity index is 2.26. The van der Waals surface area contributed by atoms with Crippen molar-refractivity contribution < 1.29 is 33.2 Å². The number of methoxy groups -OCH3 is 2. The van der Waals surface area contributed by atoms with Crippen LogP contribution in [0.3, 0.4) is 0 Å². The molecule has 4 atom stereocenters. The highest BCUT2D eigenvalue weighted by molar-refractivity contribution is 5.76. The molecule has 0 aliphatic carbocycles. The fraction of sp³-hybridized carbons (Fsp3) is 0.625. The fourth-order valence-electron chi connectivity index (χ4n) is 3.52. The Morgan fingerprint density at radius 1 is 1.19 bits per heavy atom. The highest BCUT2D eigenvalue weighted by atomic mass is 16.8. The van der Waals surface area contributed by atoms with Crippen LogP contribution in [0.5, 0.6) is 5.75 Å². The lowest BCUT2D eigenvalue weighted by Crippen LogP contribution is -2.48. The monoisotopic (exact) mass is 434 g/mol. The molecular weight excluding hydrogens is 400 g/mol. The highest BCUT2D eigenvalue weighted by Gasteiger charge is 2.51. The average molecular weight is 435 g/mol. The largest absolute Gasteiger partial charge is 0.497 e. The minimum atomic E-state index is -0.953. The molecule has 1 aliphatic rings. The summed E-state index contributed by atoms with van der Waals surface area (Å²) in [6.07, 6.45) is -1.25. The standard InChI is InChI=1S/C24H34O7/c1-7-9-10-11-19(27-6)20(29-16-17-12-14-18(26-5)15-13-17)21-22(23(25)28-8-2)31-24(3,4)30-21/h12-15,19-22H,8,10-11,16H2,1-6H3/t19-,20-,21+,22+/m0/s1. The van der Waals surface area contributed by atoms with Gasteiger partial charge < -0.3 is 28.4 Å². The summed E-state index contributed by atoms with van der Waals surface area (Å²) < 4.78 is 34.5. The van der Waals surface area contributed by atoms with Crippen molar-refractivity contribution in [2.24, 2.45) is 0 Å². The van der Waals surface area contributed by atoms with E-state index in [9.17, 15) is 4.79 Å². The van der Waals surface area contributed by atoms with Gasteiger partial charge in [-0.2, -0.15) is 0 Å². The van der Waals surface area contributed by atoms with Gasteiger partial charge in [-0.25, -0.2) is 4.79 Å². The van der Waals surface area contributed by atoms with Gasteiger partial charge in [0.1, 0.15) is 18.0 Å². The molecule has 1 aromatic rings. The van der Waals surface area contributed by atoms with Crippen LogP contribution < -0.4 is 4.74 Å². The maximum atomic E-state index is 12.6. The Labute approximate surface area is 185 Å². The van der Waals surface area contributed by atoms with E-state index in [2.05, 4.69) is 11.8 Å². The van der Waals surface area contributed by atoms with E-state index in [4.69, 9.17) is 28.4 Å². The maximum absolute atomic E-state index is 12.6. The van der Waals surface area contributed by atoms with Crippen molar-refractivity contribution in [3.8, 4) is 17.6 Å². The molecule has 0 unspecified atom stereocenters. The molecule has 0 N–H and O–H groups in total. The van der Waals surface area contributed by atoms with E-state index in [1.165, 1.54) is 0 Å². The summed E-state index contributed by atoms with van der Waals surface area (Å²) in [4.78, 5) is 12.6. The minimum absolute atomic E-state index is 0.253.